The molecule has 0 aliphatic rings. The zero-order chi connectivity index (χ0) is 11.4. The summed E-state index contributed by atoms with van der Waals surface area (Å²) in [5, 5.41) is 12.4. The number of benzene rings is 1. The molecule has 15 heavy (non-hydrogen) atoms. The van der Waals surface area contributed by atoms with Crippen LogP contribution in [0.3, 0.4) is 0 Å². The Hall–Kier alpha value is -2.02. The Labute approximate surface area is 90.2 Å². The summed E-state index contributed by atoms with van der Waals surface area (Å²) < 4.78 is 0. The Morgan fingerprint density at radius 2 is 1.93 bits per heavy atom. The molecule has 0 saturated carbocycles. The van der Waals surface area contributed by atoms with E-state index in [1.807, 2.05) is 0 Å². The van der Waals surface area contributed by atoms with Crippen molar-refractivity contribution in [3.63, 3.8) is 0 Å². The van der Waals surface area contributed by atoms with E-state index < -0.39 is 10.8 Å². The summed E-state index contributed by atoms with van der Waals surface area (Å²) >= 11 is 4.48. The third-order valence-corrected chi connectivity index (χ3v) is 1.68. The highest BCUT2D eigenvalue weighted by Gasteiger charge is 2.09. The van der Waals surface area contributed by atoms with Crippen LogP contribution in [0.15, 0.2) is 24.3 Å². The number of carbonyl (C=O) groups excluding carboxylic acids is 1. The lowest BCUT2D eigenvalue weighted by molar-refractivity contribution is -0.384. The average molecular weight is 225 g/mol. The van der Waals surface area contributed by atoms with E-state index in [-0.39, 0.29) is 16.4 Å². The van der Waals surface area contributed by atoms with Crippen molar-refractivity contribution in [1.82, 2.24) is 5.32 Å². The number of thiocarbonyl (C=S) groups is 1. The first kappa shape index (κ1) is 11.1. The van der Waals surface area contributed by atoms with Crippen molar-refractivity contribution in [1.29, 1.82) is 0 Å². The number of carbonyl (C=O) groups is 1. The number of hydrogen-bond acceptors (Lipinski definition) is 4. The summed E-state index contributed by atoms with van der Waals surface area (Å²) in [5.41, 5.74) is 5.28. The van der Waals surface area contributed by atoms with Gasteiger partial charge in [0.2, 0.25) is 0 Å². The molecular formula is C8H7N3O3S. The first-order valence-electron chi connectivity index (χ1n) is 3.86. The third kappa shape index (κ3) is 2.99. The van der Waals surface area contributed by atoms with Gasteiger partial charge in [-0.05, 0) is 24.4 Å². The monoisotopic (exact) mass is 225 g/mol. The smallest absolute Gasteiger partial charge is 0.269 e. The molecule has 0 aromatic heterocycles. The van der Waals surface area contributed by atoms with Crippen molar-refractivity contribution >= 4 is 28.9 Å². The van der Waals surface area contributed by atoms with Crippen LogP contribution in [-0.4, -0.2) is 15.9 Å². The van der Waals surface area contributed by atoms with Gasteiger partial charge in [-0.1, -0.05) is 0 Å². The largest absolute Gasteiger partial charge is 0.376 e. The Morgan fingerprint density at radius 3 is 2.33 bits per heavy atom. The summed E-state index contributed by atoms with van der Waals surface area (Å²) in [6.07, 6.45) is 0. The first-order chi connectivity index (χ1) is 7.00. The molecule has 0 heterocycles. The van der Waals surface area contributed by atoms with Crippen LogP contribution in [0.1, 0.15) is 10.4 Å². The van der Waals surface area contributed by atoms with Crippen molar-refractivity contribution in [3.8, 4) is 0 Å². The zero-order valence-corrected chi connectivity index (χ0v) is 8.28. The minimum absolute atomic E-state index is 0.0816. The standard InChI is InChI=1S/C8H7N3O3S/c9-8(15)10-7(12)5-1-3-6(4-2-5)11(13)14/h1-4H,(H3,9,10,12,15). The SMILES string of the molecule is NC(=S)NC(=O)c1ccc([N+](=O)[O-])cc1. The van der Waals surface area contributed by atoms with Crippen LogP contribution in [0.25, 0.3) is 0 Å². The van der Waals surface area contributed by atoms with Crippen LogP contribution in [-0.2, 0) is 0 Å². The van der Waals surface area contributed by atoms with E-state index in [9.17, 15) is 14.9 Å². The summed E-state index contributed by atoms with van der Waals surface area (Å²) in [5.74, 6) is -0.489. The molecule has 0 saturated heterocycles. The molecule has 78 valence electrons. The minimum Gasteiger partial charge on any atom is -0.376 e. The van der Waals surface area contributed by atoms with E-state index in [1.54, 1.807) is 0 Å². The van der Waals surface area contributed by atoms with Gasteiger partial charge in [-0.25, -0.2) is 0 Å². The maximum Gasteiger partial charge on any atom is 0.269 e. The molecule has 1 amide bonds. The molecule has 0 bridgehead atoms. The molecule has 1 aromatic carbocycles. The van der Waals surface area contributed by atoms with Gasteiger partial charge in [0.05, 0.1) is 4.92 Å². The third-order valence-electron chi connectivity index (χ3n) is 1.58. The number of hydrogen-bond donors (Lipinski definition) is 2. The lowest BCUT2D eigenvalue weighted by Crippen LogP contribution is -2.34. The van der Waals surface area contributed by atoms with Crippen molar-refractivity contribution in [2.24, 2.45) is 5.73 Å². The molecule has 0 fully saturated rings. The summed E-state index contributed by atoms with van der Waals surface area (Å²) in [6, 6.07) is 5.11. The molecule has 0 spiro atoms. The second kappa shape index (κ2) is 4.47. The number of nitrogens with one attached hydrogen (secondary N) is 1. The number of nitro groups is 1. The van der Waals surface area contributed by atoms with Crippen molar-refractivity contribution in [3.05, 3.63) is 39.9 Å². The highest BCUT2D eigenvalue weighted by molar-refractivity contribution is 7.80. The molecule has 0 unspecified atom stereocenters. The van der Waals surface area contributed by atoms with Gasteiger partial charge in [0.25, 0.3) is 11.6 Å². The average Bonchev–Trinajstić information content (AvgIpc) is 2.17. The van der Waals surface area contributed by atoms with Crippen molar-refractivity contribution < 1.29 is 9.72 Å². The Kier molecular flexibility index (Phi) is 3.29. The molecule has 6 nitrogen and oxygen atoms in total. The molecule has 1 rings (SSSR count). The van der Waals surface area contributed by atoms with E-state index in [4.69, 9.17) is 5.73 Å². The van der Waals surface area contributed by atoms with Gasteiger partial charge >= 0.3 is 0 Å². The highest BCUT2D eigenvalue weighted by Crippen LogP contribution is 2.11. The van der Waals surface area contributed by atoms with E-state index in [1.165, 1.54) is 24.3 Å². The van der Waals surface area contributed by atoms with E-state index >= 15 is 0 Å². The second-order valence-corrected chi connectivity index (χ2v) is 3.06. The molecule has 0 radical (unpaired) electrons. The predicted octanol–water partition coefficient (Wildman–Crippen LogP) is 0.568. The van der Waals surface area contributed by atoms with Crippen molar-refractivity contribution in [2.75, 3.05) is 0 Å². The van der Waals surface area contributed by atoms with Crippen LogP contribution in [0.4, 0.5) is 5.69 Å². The number of amides is 1. The second-order valence-electron chi connectivity index (χ2n) is 2.62. The zero-order valence-electron chi connectivity index (χ0n) is 7.47. The fraction of sp³-hybridized carbons (Fsp3) is 0. The fourth-order valence-corrected chi connectivity index (χ4v) is 1.01. The molecule has 1 aromatic rings. The molecule has 0 aliphatic heterocycles. The number of nitro benzene ring substituents is 1. The van der Waals surface area contributed by atoms with Crippen LogP contribution in [0.5, 0.6) is 0 Å². The summed E-state index contributed by atoms with van der Waals surface area (Å²) in [4.78, 5) is 21.1. The van der Waals surface area contributed by atoms with Gasteiger partial charge in [0.15, 0.2) is 5.11 Å². The number of rotatable bonds is 2. The lowest BCUT2D eigenvalue weighted by atomic mass is 10.2. The number of non-ortho nitro benzene ring substituents is 1. The van der Waals surface area contributed by atoms with Crippen LogP contribution in [0.2, 0.25) is 0 Å². The first-order valence-corrected chi connectivity index (χ1v) is 4.27. The molecule has 3 N–H and O–H groups in total. The Bertz CT molecular complexity index is 416. The van der Waals surface area contributed by atoms with Gasteiger partial charge < -0.3 is 5.73 Å². The quantitative estimate of drug-likeness (QED) is 0.435. The molecular weight excluding hydrogens is 218 g/mol. The molecule has 0 aliphatic carbocycles. The van der Waals surface area contributed by atoms with Gasteiger partial charge in [0.1, 0.15) is 0 Å². The van der Waals surface area contributed by atoms with Gasteiger partial charge in [0, 0.05) is 17.7 Å². The Balaban J connectivity index is 2.84. The van der Waals surface area contributed by atoms with Gasteiger partial charge in [-0.2, -0.15) is 0 Å². The van der Waals surface area contributed by atoms with E-state index in [0.29, 0.717) is 0 Å². The normalized spacial score (nSPS) is 9.33. The van der Waals surface area contributed by atoms with Crippen LogP contribution >= 0.6 is 12.2 Å². The Morgan fingerprint density at radius 1 is 1.40 bits per heavy atom. The fourth-order valence-electron chi connectivity index (χ4n) is 0.919. The van der Waals surface area contributed by atoms with Crippen molar-refractivity contribution in [2.45, 2.75) is 0 Å². The molecule has 7 heteroatoms. The predicted molar refractivity (Wildman–Crippen MR) is 57.3 cm³/mol. The lowest BCUT2D eigenvalue weighted by Gasteiger charge is -2.01. The number of nitrogens with two attached hydrogens (primary N) is 1. The van der Waals surface area contributed by atoms with Gasteiger partial charge in [-0.3, -0.25) is 20.2 Å². The summed E-state index contributed by atoms with van der Waals surface area (Å²) in [6.45, 7) is 0. The van der Waals surface area contributed by atoms with Crippen LogP contribution in [0, 0.1) is 10.1 Å². The summed E-state index contributed by atoms with van der Waals surface area (Å²) in [7, 11) is 0. The number of nitrogens with zero attached hydrogens (tertiary/aromatic N) is 1. The minimum atomic E-state index is -0.546. The van der Waals surface area contributed by atoms with Gasteiger partial charge in [-0.15, -0.1) is 0 Å². The van der Waals surface area contributed by atoms with E-state index in [0.717, 1.165) is 0 Å². The van der Waals surface area contributed by atoms with Crippen LogP contribution < -0.4 is 11.1 Å². The molecule has 0 atom stereocenters. The topological polar surface area (TPSA) is 98.3 Å². The highest BCUT2D eigenvalue weighted by atomic mass is 32.1. The maximum absolute atomic E-state index is 11.3. The maximum atomic E-state index is 11.3. The van der Waals surface area contributed by atoms with E-state index in [2.05, 4.69) is 17.5 Å².